The maximum atomic E-state index is 5.69. The first kappa shape index (κ1) is 19.6. The molecule has 4 heteroatoms. The van der Waals surface area contributed by atoms with Gasteiger partial charge < -0.3 is 18.9 Å². The standard InChI is InChI=1S/C24H30O4/c1-23(25-15-16-26-23)13-11-19-3-7-21(8-4-19)22-9-5-20(6-10-22)12-14-24(2)27-17-18-28-24/h3-10H,11-18H2,1-2H3. The molecule has 28 heavy (non-hydrogen) atoms. The lowest BCUT2D eigenvalue weighted by Gasteiger charge is -2.22. The molecular formula is C24H30O4. The zero-order valence-corrected chi connectivity index (χ0v) is 16.9. The number of benzene rings is 2. The van der Waals surface area contributed by atoms with Gasteiger partial charge in [0, 0.05) is 12.8 Å². The summed E-state index contributed by atoms with van der Waals surface area (Å²) in [5.74, 6) is -0.833. The van der Waals surface area contributed by atoms with Crippen LogP contribution in [0.2, 0.25) is 0 Å². The SMILES string of the molecule is CC1(CCc2ccc(-c3ccc(CCC4(C)OCCO4)cc3)cc2)OCCO1. The highest BCUT2D eigenvalue weighted by Gasteiger charge is 2.31. The van der Waals surface area contributed by atoms with Crippen molar-refractivity contribution < 1.29 is 18.9 Å². The molecule has 0 spiro atoms. The normalized spacial score (nSPS) is 20.5. The topological polar surface area (TPSA) is 36.9 Å². The molecule has 0 atom stereocenters. The van der Waals surface area contributed by atoms with Gasteiger partial charge in [0.25, 0.3) is 0 Å². The minimum absolute atomic E-state index is 0.417. The Kier molecular flexibility index (Phi) is 5.83. The van der Waals surface area contributed by atoms with Crippen LogP contribution < -0.4 is 0 Å². The van der Waals surface area contributed by atoms with E-state index in [-0.39, 0.29) is 0 Å². The van der Waals surface area contributed by atoms with E-state index in [9.17, 15) is 0 Å². The molecule has 2 aliphatic rings. The quantitative estimate of drug-likeness (QED) is 0.693. The second-order valence-corrected chi connectivity index (χ2v) is 8.06. The molecule has 0 aliphatic carbocycles. The van der Waals surface area contributed by atoms with Crippen LogP contribution in [0.4, 0.5) is 0 Å². The summed E-state index contributed by atoms with van der Waals surface area (Å²) in [5.41, 5.74) is 5.10. The fourth-order valence-electron chi connectivity index (χ4n) is 3.87. The molecule has 150 valence electrons. The van der Waals surface area contributed by atoms with Crippen LogP contribution >= 0.6 is 0 Å². The van der Waals surface area contributed by atoms with Gasteiger partial charge in [0.05, 0.1) is 26.4 Å². The molecule has 4 nitrogen and oxygen atoms in total. The first-order valence-corrected chi connectivity index (χ1v) is 10.3. The van der Waals surface area contributed by atoms with E-state index in [4.69, 9.17) is 18.9 Å². The maximum Gasteiger partial charge on any atom is 0.166 e. The number of rotatable bonds is 7. The van der Waals surface area contributed by atoms with E-state index in [0.29, 0.717) is 26.4 Å². The summed E-state index contributed by atoms with van der Waals surface area (Å²) in [6, 6.07) is 17.6. The molecule has 0 unspecified atom stereocenters. The Morgan fingerprint density at radius 3 is 1.21 bits per heavy atom. The summed E-state index contributed by atoms with van der Waals surface area (Å²) in [4.78, 5) is 0. The Morgan fingerprint density at radius 2 is 0.893 bits per heavy atom. The van der Waals surface area contributed by atoms with Gasteiger partial charge in [0.15, 0.2) is 11.6 Å². The van der Waals surface area contributed by atoms with E-state index in [2.05, 4.69) is 48.5 Å². The second-order valence-electron chi connectivity index (χ2n) is 8.06. The minimum Gasteiger partial charge on any atom is -0.348 e. The van der Waals surface area contributed by atoms with E-state index in [1.54, 1.807) is 0 Å². The first-order valence-electron chi connectivity index (χ1n) is 10.3. The largest absolute Gasteiger partial charge is 0.348 e. The lowest BCUT2D eigenvalue weighted by atomic mass is 9.98. The molecule has 0 aromatic heterocycles. The Morgan fingerprint density at radius 1 is 0.571 bits per heavy atom. The van der Waals surface area contributed by atoms with Crippen molar-refractivity contribution in [2.24, 2.45) is 0 Å². The predicted octanol–water partition coefficient (Wildman–Crippen LogP) is 4.74. The van der Waals surface area contributed by atoms with Crippen LogP contribution in [-0.2, 0) is 31.8 Å². The van der Waals surface area contributed by atoms with E-state index >= 15 is 0 Å². The number of hydrogen-bond donors (Lipinski definition) is 0. The van der Waals surface area contributed by atoms with E-state index < -0.39 is 11.6 Å². The molecule has 4 rings (SSSR count). The zero-order chi connectivity index (χ0) is 19.5. The number of hydrogen-bond acceptors (Lipinski definition) is 4. The summed E-state index contributed by atoms with van der Waals surface area (Å²) in [6.45, 7) is 6.85. The van der Waals surface area contributed by atoms with Gasteiger partial charge in [-0.1, -0.05) is 48.5 Å². The molecule has 0 N–H and O–H groups in total. The van der Waals surface area contributed by atoms with Crippen molar-refractivity contribution >= 4 is 0 Å². The summed E-state index contributed by atoms with van der Waals surface area (Å²) >= 11 is 0. The van der Waals surface area contributed by atoms with E-state index in [1.165, 1.54) is 22.3 Å². The van der Waals surface area contributed by atoms with Crippen LogP contribution in [0.25, 0.3) is 11.1 Å². The van der Waals surface area contributed by atoms with Crippen LogP contribution in [0.3, 0.4) is 0 Å². The highest BCUT2D eigenvalue weighted by atomic mass is 16.7. The second kappa shape index (κ2) is 8.34. The van der Waals surface area contributed by atoms with Gasteiger partial charge in [0.1, 0.15) is 0 Å². The van der Waals surface area contributed by atoms with Crippen LogP contribution in [-0.4, -0.2) is 38.0 Å². The van der Waals surface area contributed by atoms with Crippen molar-refractivity contribution in [3.05, 3.63) is 59.7 Å². The Hall–Kier alpha value is -1.72. The lowest BCUT2D eigenvalue weighted by molar-refractivity contribution is -0.146. The molecule has 0 bridgehead atoms. The van der Waals surface area contributed by atoms with E-state index in [1.807, 2.05) is 13.8 Å². The summed E-state index contributed by atoms with van der Waals surface area (Å²) < 4.78 is 22.7. The Labute approximate surface area is 167 Å². The fourth-order valence-corrected chi connectivity index (χ4v) is 3.87. The highest BCUT2D eigenvalue weighted by molar-refractivity contribution is 5.64. The van der Waals surface area contributed by atoms with Crippen molar-refractivity contribution in [3.63, 3.8) is 0 Å². The van der Waals surface area contributed by atoms with Crippen molar-refractivity contribution in [2.45, 2.75) is 51.1 Å². The molecule has 2 aromatic carbocycles. The van der Waals surface area contributed by atoms with Gasteiger partial charge in [-0.15, -0.1) is 0 Å². The fraction of sp³-hybridized carbons (Fsp3) is 0.500. The van der Waals surface area contributed by atoms with Crippen LogP contribution in [0.15, 0.2) is 48.5 Å². The molecular weight excluding hydrogens is 352 g/mol. The monoisotopic (exact) mass is 382 g/mol. The van der Waals surface area contributed by atoms with Gasteiger partial charge in [-0.3, -0.25) is 0 Å². The molecule has 2 fully saturated rings. The van der Waals surface area contributed by atoms with Crippen molar-refractivity contribution in [1.29, 1.82) is 0 Å². The van der Waals surface area contributed by atoms with Crippen molar-refractivity contribution in [2.75, 3.05) is 26.4 Å². The van der Waals surface area contributed by atoms with Crippen molar-refractivity contribution in [1.82, 2.24) is 0 Å². The molecule has 0 amide bonds. The number of aryl methyl sites for hydroxylation is 2. The Balaban J connectivity index is 1.32. The lowest BCUT2D eigenvalue weighted by Crippen LogP contribution is -2.26. The average Bonchev–Trinajstić information content (AvgIpc) is 3.35. The van der Waals surface area contributed by atoms with Gasteiger partial charge >= 0.3 is 0 Å². The molecule has 0 saturated carbocycles. The summed E-state index contributed by atoms with van der Waals surface area (Å²) in [7, 11) is 0. The molecule has 2 aromatic rings. The molecule has 0 radical (unpaired) electrons. The van der Waals surface area contributed by atoms with Crippen LogP contribution in [0.5, 0.6) is 0 Å². The summed E-state index contributed by atoms with van der Waals surface area (Å²) in [5, 5.41) is 0. The Bertz CT molecular complexity index is 687. The zero-order valence-electron chi connectivity index (χ0n) is 16.9. The molecule has 2 heterocycles. The molecule has 2 saturated heterocycles. The smallest absolute Gasteiger partial charge is 0.166 e. The number of ether oxygens (including phenoxy) is 4. The van der Waals surface area contributed by atoms with Gasteiger partial charge in [-0.2, -0.15) is 0 Å². The highest BCUT2D eigenvalue weighted by Crippen LogP contribution is 2.27. The van der Waals surface area contributed by atoms with Crippen LogP contribution in [0.1, 0.15) is 37.8 Å². The predicted molar refractivity (Wildman–Crippen MR) is 109 cm³/mol. The average molecular weight is 383 g/mol. The third-order valence-electron chi connectivity index (χ3n) is 5.77. The molecule has 2 aliphatic heterocycles. The van der Waals surface area contributed by atoms with Crippen LogP contribution in [0, 0.1) is 0 Å². The van der Waals surface area contributed by atoms with Gasteiger partial charge in [-0.05, 0) is 48.9 Å². The maximum absolute atomic E-state index is 5.69. The van der Waals surface area contributed by atoms with Gasteiger partial charge in [-0.25, -0.2) is 0 Å². The van der Waals surface area contributed by atoms with E-state index in [0.717, 1.165) is 25.7 Å². The minimum atomic E-state index is -0.417. The third kappa shape index (κ3) is 4.81. The van der Waals surface area contributed by atoms with Crippen molar-refractivity contribution in [3.8, 4) is 11.1 Å². The first-order chi connectivity index (χ1) is 13.5. The van der Waals surface area contributed by atoms with Gasteiger partial charge in [0.2, 0.25) is 0 Å². The summed E-state index contributed by atoms with van der Waals surface area (Å²) in [6.07, 6.45) is 3.68. The third-order valence-corrected chi connectivity index (χ3v) is 5.77.